The molecule has 0 amide bonds. The maximum absolute atomic E-state index is 13.2. The molecule has 2 aromatic carbocycles. The van der Waals surface area contributed by atoms with Gasteiger partial charge in [0, 0.05) is 17.3 Å². The van der Waals surface area contributed by atoms with E-state index < -0.39 is 0 Å². The minimum Gasteiger partial charge on any atom is -0.399 e. The maximum atomic E-state index is 13.2. The minimum atomic E-state index is -0.371. The van der Waals surface area contributed by atoms with E-state index in [1.807, 2.05) is 37.4 Å². The molecule has 29 heavy (non-hydrogen) atoms. The predicted molar refractivity (Wildman–Crippen MR) is 116 cm³/mol. The van der Waals surface area contributed by atoms with Crippen LogP contribution in [0.3, 0.4) is 0 Å². The summed E-state index contributed by atoms with van der Waals surface area (Å²) in [6.07, 6.45) is 1.85. The van der Waals surface area contributed by atoms with Crippen molar-refractivity contribution >= 4 is 12.6 Å². The van der Waals surface area contributed by atoms with Crippen LogP contribution in [-0.4, -0.2) is 23.3 Å². The molecule has 3 nitrogen and oxygen atoms in total. The average molecular weight is 389 g/mol. The lowest BCUT2D eigenvalue weighted by Gasteiger charge is -2.32. The van der Waals surface area contributed by atoms with Gasteiger partial charge in [0.15, 0.2) is 0 Å². The molecule has 3 aromatic rings. The first-order valence-corrected chi connectivity index (χ1v) is 9.85. The highest BCUT2D eigenvalue weighted by Gasteiger charge is 2.51. The van der Waals surface area contributed by atoms with Crippen molar-refractivity contribution in [2.24, 2.45) is 0 Å². The summed E-state index contributed by atoms with van der Waals surface area (Å²) in [5.74, 6) is -0.238. The monoisotopic (exact) mass is 389 g/mol. The van der Waals surface area contributed by atoms with E-state index in [9.17, 15) is 4.39 Å². The molecule has 0 unspecified atom stereocenters. The van der Waals surface area contributed by atoms with Crippen molar-refractivity contribution in [2.75, 3.05) is 0 Å². The number of aryl methyl sites for hydroxylation is 1. The van der Waals surface area contributed by atoms with Gasteiger partial charge in [-0.15, -0.1) is 0 Å². The van der Waals surface area contributed by atoms with Gasteiger partial charge in [0.05, 0.1) is 16.9 Å². The van der Waals surface area contributed by atoms with E-state index in [4.69, 9.17) is 9.31 Å². The van der Waals surface area contributed by atoms with E-state index >= 15 is 0 Å². The summed E-state index contributed by atoms with van der Waals surface area (Å²) >= 11 is 0. The van der Waals surface area contributed by atoms with Gasteiger partial charge in [-0.3, -0.25) is 4.98 Å². The highest BCUT2D eigenvalue weighted by Crippen LogP contribution is 2.36. The Labute approximate surface area is 172 Å². The summed E-state index contributed by atoms with van der Waals surface area (Å²) in [6.45, 7) is 10.3. The fourth-order valence-electron chi connectivity index (χ4n) is 3.44. The zero-order chi connectivity index (χ0) is 20.8. The molecule has 0 aliphatic carbocycles. The van der Waals surface area contributed by atoms with Crippen molar-refractivity contribution < 1.29 is 13.7 Å². The number of nitrogens with zero attached hydrogens (tertiary/aromatic N) is 1. The Morgan fingerprint density at radius 2 is 1.38 bits per heavy atom. The largest absolute Gasteiger partial charge is 0.494 e. The van der Waals surface area contributed by atoms with E-state index in [1.54, 1.807) is 12.1 Å². The van der Waals surface area contributed by atoms with Gasteiger partial charge in [0.25, 0.3) is 0 Å². The predicted octanol–water partition coefficient (Wildman–Crippen LogP) is 5.16. The standard InChI is InChI=1S/C24H25BFNO2/c1-16-14-22(27-15-21(16)17-8-12-20(26)13-9-17)18-6-10-19(11-7-18)25-28-23(2,3)24(4,5)29-25/h6-15H,1-5H3. The molecule has 4 rings (SSSR count). The quantitative estimate of drug-likeness (QED) is 0.580. The van der Waals surface area contributed by atoms with Crippen LogP contribution >= 0.6 is 0 Å². The van der Waals surface area contributed by atoms with Gasteiger partial charge in [-0.25, -0.2) is 4.39 Å². The summed E-state index contributed by atoms with van der Waals surface area (Å²) in [6, 6.07) is 16.7. The van der Waals surface area contributed by atoms with E-state index in [0.717, 1.165) is 33.4 Å². The number of pyridine rings is 1. The number of benzene rings is 2. The Morgan fingerprint density at radius 1 is 0.828 bits per heavy atom. The van der Waals surface area contributed by atoms with Crippen molar-refractivity contribution in [2.45, 2.75) is 45.8 Å². The molecule has 1 fully saturated rings. The Kier molecular flexibility index (Phi) is 4.84. The van der Waals surface area contributed by atoms with Gasteiger partial charge in [-0.2, -0.15) is 0 Å². The molecule has 0 bridgehead atoms. The third-order valence-electron chi connectivity index (χ3n) is 6.00. The Bertz CT molecular complexity index is 1010. The Morgan fingerprint density at radius 3 is 1.93 bits per heavy atom. The van der Waals surface area contributed by atoms with Gasteiger partial charge in [-0.1, -0.05) is 36.4 Å². The van der Waals surface area contributed by atoms with Gasteiger partial charge >= 0.3 is 7.12 Å². The van der Waals surface area contributed by atoms with Gasteiger partial charge < -0.3 is 9.31 Å². The summed E-state index contributed by atoms with van der Waals surface area (Å²) in [4.78, 5) is 4.63. The summed E-state index contributed by atoms with van der Waals surface area (Å²) in [5, 5.41) is 0. The molecule has 1 saturated heterocycles. The van der Waals surface area contributed by atoms with Crippen molar-refractivity contribution in [3.63, 3.8) is 0 Å². The smallest absolute Gasteiger partial charge is 0.399 e. The van der Waals surface area contributed by atoms with Gasteiger partial charge in [0.2, 0.25) is 0 Å². The van der Waals surface area contributed by atoms with E-state index in [2.05, 4.69) is 38.7 Å². The zero-order valence-electron chi connectivity index (χ0n) is 17.5. The number of aromatic nitrogens is 1. The first-order valence-electron chi connectivity index (χ1n) is 9.85. The number of hydrogen-bond donors (Lipinski definition) is 0. The zero-order valence-corrected chi connectivity index (χ0v) is 17.5. The third-order valence-corrected chi connectivity index (χ3v) is 6.00. The third kappa shape index (κ3) is 3.72. The lowest BCUT2D eigenvalue weighted by atomic mass is 9.78. The van der Waals surface area contributed by atoms with Gasteiger partial charge in [-0.05, 0) is 69.4 Å². The molecule has 0 N–H and O–H groups in total. The molecule has 1 aliphatic rings. The molecule has 0 saturated carbocycles. The van der Waals surface area contributed by atoms with E-state index in [1.165, 1.54) is 12.1 Å². The van der Waals surface area contributed by atoms with Crippen LogP contribution in [0.2, 0.25) is 0 Å². The fourth-order valence-corrected chi connectivity index (χ4v) is 3.44. The minimum absolute atomic E-state index is 0.238. The average Bonchev–Trinajstić information content (AvgIpc) is 2.90. The van der Waals surface area contributed by atoms with Crippen LogP contribution in [0, 0.1) is 12.7 Å². The molecule has 5 heteroatoms. The molecule has 2 heterocycles. The lowest BCUT2D eigenvalue weighted by Crippen LogP contribution is -2.41. The topological polar surface area (TPSA) is 31.4 Å². The molecule has 1 aromatic heterocycles. The Balaban J connectivity index is 1.57. The van der Waals surface area contributed by atoms with Crippen molar-refractivity contribution in [3.8, 4) is 22.4 Å². The number of halogens is 1. The highest BCUT2D eigenvalue weighted by molar-refractivity contribution is 6.62. The first kappa shape index (κ1) is 19.8. The molecular formula is C24H25BFNO2. The number of hydrogen-bond acceptors (Lipinski definition) is 3. The summed E-state index contributed by atoms with van der Waals surface area (Å²) in [7, 11) is -0.371. The van der Waals surface area contributed by atoms with Crippen LogP contribution in [0.15, 0.2) is 60.8 Å². The second-order valence-corrected chi connectivity index (χ2v) is 8.60. The van der Waals surface area contributed by atoms with E-state index in [0.29, 0.717) is 0 Å². The molecular weight excluding hydrogens is 364 g/mol. The molecule has 0 spiro atoms. The summed E-state index contributed by atoms with van der Waals surface area (Å²) < 4.78 is 25.4. The van der Waals surface area contributed by atoms with Crippen LogP contribution in [0.25, 0.3) is 22.4 Å². The Hall–Kier alpha value is -2.50. The molecule has 0 radical (unpaired) electrons. The number of rotatable bonds is 3. The van der Waals surface area contributed by atoms with Crippen molar-refractivity contribution in [3.05, 3.63) is 72.2 Å². The van der Waals surface area contributed by atoms with Crippen molar-refractivity contribution in [1.29, 1.82) is 0 Å². The normalized spacial score (nSPS) is 17.5. The van der Waals surface area contributed by atoms with Crippen LogP contribution in [-0.2, 0) is 9.31 Å². The van der Waals surface area contributed by atoms with Crippen LogP contribution < -0.4 is 5.46 Å². The molecule has 1 aliphatic heterocycles. The van der Waals surface area contributed by atoms with Crippen LogP contribution in [0.5, 0.6) is 0 Å². The molecule has 0 atom stereocenters. The van der Waals surface area contributed by atoms with Crippen LogP contribution in [0.1, 0.15) is 33.3 Å². The SMILES string of the molecule is Cc1cc(-c2ccc(B3OC(C)(C)C(C)(C)O3)cc2)ncc1-c1ccc(F)cc1. The lowest BCUT2D eigenvalue weighted by molar-refractivity contribution is 0.00578. The first-order chi connectivity index (χ1) is 13.7. The van der Waals surface area contributed by atoms with E-state index in [-0.39, 0.29) is 24.1 Å². The van der Waals surface area contributed by atoms with Gasteiger partial charge in [0.1, 0.15) is 5.82 Å². The van der Waals surface area contributed by atoms with Crippen molar-refractivity contribution in [1.82, 2.24) is 4.98 Å². The maximum Gasteiger partial charge on any atom is 0.494 e. The highest BCUT2D eigenvalue weighted by atomic mass is 19.1. The molecule has 148 valence electrons. The fraction of sp³-hybridized carbons (Fsp3) is 0.292. The second kappa shape index (κ2) is 7.08. The van der Waals surface area contributed by atoms with Crippen LogP contribution in [0.4, 0.5) is 4.39 Å². The second-order valence-electron chi connectivity index (χ2n) is 8.60. The summed E-state index contributed by atoms with van der Waals surface area (Å²) in [5.41, 5.74) is 5.26.